The maximum atomic E-state index is 11.7. The van der Waals surface area contributed by atoms with E-state index in [0.717, 1.165) is 10.3 Å². The Morgan fingerprint density at radius 3 is 2.52 bits per heavy atom. The number of nitrogens with one attached hydrogen (secondary N) is 2. The Bertz CT molecular complexity index is 656. The lowest BCUT2D eigenvalue weighted by molar-refractivity contribution is -0.117. The molecule has 0 aliphatic rings. The Kier molecular flexibility index (Phi) is 5.22. The van der Waals surface area contributed by atoms with Gasteiger partial charge in [-0.1, -0.05) is 30.3 Å². The van der Waals surface area contributed by atoms with Crippen LogP contribution in [0, 0.1) is 0 Å². The first-order chi connectivity index (χ1) is 10.0. The number of rotatable bonds is 4. The number of benzene rings is 2. The average molecular weight is 302 g/mol. The van der Waals surface area contributed by atoms with Crippen molar-refractivity contribution in [2.75, 3.05) is 5.75 Å². The molecular weight excluding hydrogens is 284 g/mol. The molecule has 0 aliphatic heterocycles. The van der Waals surface area contributed by atoms with E-state index in [0.29, 0.717) is 0 Å². The van der Waals surface area contributed by atoms with Crippen molar-refractivity contribution >= 4 is 34.5 Å². The summed E-state index contributed by atoms with van der Waals surface area (Å²) >= 11 is 1.41. The molecule has 2 aromatic carbocycles. The highest BCUT2D eigenvalue weighted by atomic mass is 32.2. The van der Waals surface area contributed by atoms with Gasteiger partial charge in [-0.05, 0) is 36.8 Å². The zero-order valence-corrected chi connectivity index (χ0v) is 12.9. The number of fused-ring (bicyclic) bond motifs is 1. The van der Waals surface area contributed by atoms with E-state index in [1.165, 1.54) is 17.1 Å². The predicted molar refractivity (Wildman–Crippen MR) is 86.5 cm³/mol. The second-order valence-corrected chi connectivity index (χ2v) is 6.02. The van der Waals surface area contributed by atoms with E-state index in [1.54, 1.807) is 0 Å². The number of hydrogen-bond donors (Lipinski definition) is 2. The summed E-state index contributed by atoms with van der Waals surface area (Å²) in [6, 6.07) is 13.7. The summed E-state index contributed by atoms with van der Waals surface area (Å²) in [6.45, 7) is 3.68. The fourth-order valence-corrected chi connectivity index (χ4v) is 2.61. The molecule has 110 valence electrons. The lowest BCUT2D eigenvalue weighted by atomic mass is 10.1. The Balaban J connectivity index is 1.89. The zero-order chi connectivity index (χ0) is 15.2. The molecule has 2 aromatic rings. The van der Waals surface area contributed by atoms with E-state index in [1.807, 2.05) is 56.3 Å². The van der Waals surface area contributed by atoms with Crippen LogP contribution in [0.25, 0.3) is 10.8 Å². The zero-order valence-electron chi connectivity index (χ0n) is 12.1. The molecule has 21 heavy (non-hydrogen) atoms. The summed E-state index contributed by atoms with van der Waals surface area (Å²) in [4.78, 5) is 24.1. The second kappa shape index (κ2) is 7.13. The third kappa shape index (κ3) is 4.79. The first-order valence-corrected chi connectivity index (χ1v) is 7.75. The van der Waals surface area contributed by atoms with Crippen LogP contribution in [0.5, 0.6) is 0 Å². The highest BCUT2D eigenvalue weighted by Crippen LogP contribution is 2.23. The molecule has 3 amide bonds. The maximum absolute atomic E-state index is 11.7. The number of hydrogen-bond acceptors (Lipinski definition) is 3. The van der Waals surface area contributed by atoms with Crippen LogP contribution in [0.3, 0.4) is 0 Å². The van der Waals surface area contributed by atoms with Crippen molar-refractivity contribution in [2.45, 2.75) is 24.8 Å². The van der Waals surface area contributed by atoms with Crippen molar-refractivity contribution in [3.63, 3.8) is 0 Å². The molecule has 0 spiro atoms. The molecule has 0 heterocycles. The minimum Gasteiger partial charge on any atom is -0.336 e. The fraction of sp³-hybridized carbons (Fsp3) is 0.250. The molecule has 0 aliphatic carbocycles. The SMILES string of the molecule is CC(C)NC(=O)NC(=O)CSc1ccc2ccccc2c1. The van der Waals surface area contributed by atoms with Crippen molar-refractivity contribution in [1.82, 2.24) is 10.6 Å². The summed E-state index contributed by atoms with van der Waals surface area (Å²) in [5.74, 6) is -0.0876. The van der Waals surface area contributed by atoms with Gasteiger partial charge in [0.25, 0.3) is 0 Å². The first-order valence-electron chi connectivity index (χ1n) is 6.76. The van der Waals surface area contributed by atoms with Crippen LogP contribution in [0.4, 0.5) is 4.79 Å². The quantitative estimate of drug-likeness (QED) is 0.853. The number of urea groups is 1. The van der Waals surface area contributed by atoms with Crippen molar-refractivity contribution in [2.24, 2.45) is 0 Å². The van der Waals surface area contributed by atoms with Gasteiger partial charge in [0.2, 0.25) is 5.91 Å². The number of amides is 3. The molecule has 4 nitrogen and oxygen atoms in total. The van der Waals surface area contributed by atoms with Gasteiger partial charge in [0.05, 0.1) is 5.75 Å². The summed E-state index contributed by atoms with van der Waals surface area (Å²) in [5.41, 5.74) is 0. The van der Waals surface area contributed by atoms with Crippen molar-refractivity contribution < 1.29 is 9.59 Å². The summed E-state index contributed by atoms with van der Waals surface area (Å²) in [7, 11) is 0. The third-order valence-electron chi connectivity index (χ3n) is 2.76. The van der Waals surface area contributed by atoms with Gasteiger partial charge < -0.3 is 5.32 Å². The van der Waals surface area contributed by atoms with Crippen LogP contribution in [-0.4, -0.2) is 23.7 Å². The lowest BCUT2D eigenvalue weighted by Gasteiger charge is -2.09. The van der Waals surface area contributed by atoms with Crippen LogP contribution in [0.2, 0.25) is 0 Å². The standard InChI is InChI=1S/C16H18N2O2S/c1-11(2)17-16(20)18-15(19)10-21-14-8-7-12-5-3-4-6-13(12)9-14/h3-9,11H,10H2,1-2H3,(H2,17,18,19,20). The Hall–Kier alpha value is -2.01. The molecule has 0 saturated heterocycles. The third-order valence-corrected chi connectivity index (χ3v) is 3.76. The molecule has 0 aromatic heterocycles. The average Bonchev–Trinajstić information content (AvgIpc) is 2.44. The summed E-state index contributed by atoms with van der Waals surface area (Å²) < 4.78 is 0. The van der Waals surface area contributed by atoms with E-state index in [2.05, 4.69) is 10.6 Å². The number of carbonyl (C=O) groups is 2. The van der Waals surface area contributed by atoms with Gasteiger partial charge in [0, 0.05) is 10.9 Å². The molecule has 0 bridgehead atoms. The lowest BCUT2D eigenvalue weighted by Crippen LogP contribution is -2.43. The van der Waals surface area contributed by atoms with E-state index in [9.17, 15) is 9.59 Å². The van der Waals surface area contributed by atoms with Gasteiger partial charge in [0.1, 0.15) is 0 Å². The maximum Gasteiger partial charge on any atom is 0.321 e. The molecule has 0 unspecified atom stereocenters. The van der Waals surface area contributed by atoms with Crippen molar-refractivity contribution in [3.05, 3.63) is 42.5 Å². The predicted octanol–water partition coefficient (Wildman–Crippen LogP) is 3.17. The van der Waals surface area contributed by atoms with Crippen LogP contribution >= 0.6 is 11.8 Å². The second-order valence-electron chi connectivity index (χ2n) is 4.97. The molecule has 5 heteroatoms. The van der Waals surface area contributed by atoms with E-state index >= 15 is 0 Å². The van der Waals surface area contributed by atoms with E-state index in [-0.39, 0.29) is 17.7 Å². The van der Waals surface area contributed by atoms with E-state index in [4.69, 9.17) is 0 Å². The molecule has 2 rings (SSSR count). The molecule has 0 saturated carbocycles. The largest absolute Gasteiger partial charge is 0.336 e. The van der Waals surface area contributed by atoms with E-state index < -0.39 is 6.03 Å². The van der Waals surface area contributed by atoms with Gasteiger partial charge in [-0.3, -0.25) is 10.1 Å². The van der Waals surface area contributed by atoms with Crippen LogP contribution < -0.4 is 10.6 Å². The van der Waals surface area contributed by atoms with Crippen LogP contribution in [0.15, 0.2) is 47.4 Å². The highest BCUT2D eigenvalue weighted by Gasteiger charge is 2.09. The highest BCUT2D eigenvalue weighted by molar-refractivity contribution is 8.00. The molecule has 0 fully saturated rings. The first kappa shape index (κ1) is 15.4. The number of carbonyl (C=O) groups excluding carboxylic acids is 2. The van der Waals surface area contributed by atoms with Gasteiger partial charge in [0.15, 0.2) is 0 Å². The molecule has 2 N–H and O–H groups in total. The Labute approximate surface area is 128 Å². The minimum atomic E-state index is -0.450. The summed E-state index contributed by atoms with van der Waals surface area (Å²) in [6.07, 6.45) is 0. The van der Waals surface area contributed by atoms with Gasteiger partial charge in [-0.2, -0.15) is 0 Å². The smallest absolute Gasteiger partial charge is 0.321 e. The van der Waals surface area contributed by atoms with Crippen LogP contribution in [-0.2, 0) is 4.79 Å². The Morgan fingerprint density at radius 2 is 1.81 bits per heavy atom. The normalized spacial score (nSPS) is 10.6. The summed E-state index contributed by atoms with van der Waals surface area (Å²) in [5, 5.41) is 7.23. The number of imide groups is 1. The molecule has 0 atom stereocenters. The minimum absolute atomic E-state index is 0.00550. The van der Waals surface area contributed by atoms with Crippen molar-refractivity contribution in [3.8, 4) is 0 Å². The fourth-order valence-electron chi connectivity index (χ4n) is 1.87. The van der Waals surface area contributed by atoms with Gasteiger partial charge in [-0.25, -0.2) is 4.79 Å². The molecule has 0 radical (unpaired) electrons. The van der Waals surface area contributed by atoms with Crippen LogP contribution in [0.1, 0.15) is 13.8 Å². The topological polar surface area (TPSA) is 58.2 Å². The monoisotopic (exact) mass is 302 g/mol. The Morgan fingerprint density at radius 1 is 1.10 bits per heavy atom. The van der Waals surface area contributed by atoms with Gasteiger partial charge in [-0.15, -0.1) is 11.8 Å². The number of thioether (sulfide) groups is 1. The molecular formula is C16H18N2O2S. The van der Waals surface area contributed by atoms with Gasteiger partial charge >= 0.3 is 6.03 Å². The van der Waals surface area contributed by atoms with Crippen molar-refractivity contribution in [1.29, 1.82) is 0 Å².